The van der Waals surface area contributed by atoms with Crippen molar-refractivity contribution < 1.29 is 23.5 Å². The fourth-order valence-corrected chi connectivity index (χ4v) is 3.40. The first-order chi connectivity index (χ1) is 15.3. The van der Waals surface area contributed by atoms with Gasteiger partial charge < -0.3 is 9.47 Å². The van der Waals surface area contributed by atoms with E-state index in [4.69, 9.17) is 9.47 Å². The van der Waals surface area contributed by atoms with Crippen molar-refractivity contribution in [3.63, 3.8) is 0 Å². The van der Waals surface area contributed by atoms with Crippen molar-refractivity contribution >= 4 is 34.2 Å². The van der Waals surface area contributed by atoms with Gasteiger partial charge in [-0.3, -0.25) is 10.2 Å². The van der Waals surface area contributed by atoms with Crippen LogP contribution in [0.3, 0.4) is 0 Å². The Hall–Kier alpha value is -3.46. The van der Waals surface area contributed by atoms with Crippen molar-refractivity contribution in [2.45, 2.75) is 32.9 Å². The summed E-state index contributed by atoms with van der Waals surface area (Å²) in [5.41, 5.74) is 0.0220. The summed E-state index contributed by atoms with van der Waals surface area (Å²) < 4.78 is 24.5. The molecule has 1 aromatic heterocycles. The highest BCUT2D eigenvalue weighted by atomic mass is 32.1. The number of thiazole rings is 1. The molecule has 0 fully saturated rings. The minimum atomic E-state index is -1.17. The number of hydrogen-bond donors (Lipinski definition) is 1. The van der Waals surface area contributed by atoms with Crippen LogP contribution in [0.1, 0.15) is 26.3 Å². The second-order valence-electron chi connectivity index (χ2n) is 7.31. The zero-order valence-corrected chi connectivity index (χ0v) is 18.8. The third kappa shape index (κ3) is 6.04. The van der Waals surface area contributed by atoms with E-state index in [9.17, 15) is 14.0 Å². The van der Waals surface area contributed by atoms with Gasteiger partial charge in [0.1, 0.15) is 11.6 Å². The highest BCUT2D eigenvalue weighted by molar-refractivity contribution is 7.13. The Morgan fingerprint density at radius 2 is 1.94 bits per heavy atom. The number of amides is 2. The van der Waals surface area contributed by atoms with Crippen LogP contribution in [0.5, 0.6) is 5.75 Å². The molecule has 0 radical (unpaired) electrons. The molecule has 0 saturated heterocycles. The molecule has 0 atom stereocenters. The number of carbonyl (C=O) groups is 2. The van der Waals surface area contributed by atoms with Crippen LogP contribution in [0.2, 0.25) is 0 Å². The maximum Gasteiger partial charge on any atom is 0.349 e. The van der Waals surface area contributed by atoms with Crippen LogP contribution in [0.25, 0.3) is 0 Å². The van der Waals surface area contributed by atoms with Crippen molar-refractivity contribution in [3.05, 3.63) is 71.5 Å². The maximum atomic E-state index is 13.7. The average molecular weight is 458 g/mol. The SMILES string of the molecule is CCOC(=O)C(C)(C)Oc1ccc(N(Cc2cccc(F)c2)C(=O)Nc2nccs2)cc1. The number of aromatic nitrogens is 1. The van der Waals surface area contributed by atoms with Crippen LogP contribution in [0.15, 0.2) is 60.1 Å². The molecule has 0 bridgehead atoms. The number of rotatable bonds is 8. The molecule has 3 aromatic rings. The molecular formula is C23H24FN3O4S. The van der Waals surface area contributed by atoms with E-state index in [0.29, 0.717) is 22.1 Å². The van der Waals surface area contributed by atoms with Gasteiger partial charge in [-0.25, -0.2) is 19.0 Å². The van der Waals surface area contributed by atoms with Crippen LogP contribution in [-0.4, -0.2) is 29.2 Å². The average Bonchev–Trinajstić information content (AvgIpc) is 3.26. The number of anilines is 2. The quantitative estimate of drug-likeness (QED) is 0.468. The van der Waals surface area contributed by atoms with Gasteiger partial charge >= 0.3 is 12.0 Å². The minimum Gasteiger partial charge on any atom is -0.476 e. The van der Waals surface area contributed by atoms with E-state index >= 15 is 0 Å². The van der Waals surface area contributed by atoms with Crippen LogP contribution in [-0.2, 0) is 16.1 Å². The maximum absolute atomic E-state index is 13.7. The van der Waals surface area contributed by atoms with E-state index in [0.717, 1.165) is 0 Å². The number of nitrogens with one attached hydrogen (secondary N) is 1. The molecule has 7 nitrogen and oxygen atoms in total. The van der Waals surface area contributed by atoms with E-state index in [1.165, 1.54) is 28.4 Å². The number of carbonyl (C=O) groups excluding carboxylic acids is 2. The Labute approximate surface area is 189 Å². The largest absolute Gasteiger partial charge is 0.476 e. The van der Waals surface area contributed by atoms with Crippen molar-refractivity contribution in [3.8, 4) is 5.75 Å². The molecule has 1 heterocycles. The summed E-state index contributed by atoms with van der Waals surface area (Å²) in [5.74, 6) is -0.412. The van der Waals surface area contributed by atoms with Gasteiger partial charge in [0.25, 0.3) is 0 Å². The predicted octanol–water partition coefficient (Wildman–Crippen LogP) is 5.24. The molecule has 0 spiro atoms. The van der Waals surface area contributed by atoms with Crippen molar-refractivity contribution in [1.82, 2.24) is 4.98 Å². The molecule has 2 aromatic carbocycles. The topological polar surface area (TPSA) is 80.8 Å². The Morgan fingerprint density at radius 1 is 1.19 bits per heavy atom. The summed E-state index contributed by atoms with van der Waals surface area (Å²) >= 11 is 1.29. The van der Waals surface area contributed by atoms with E-state index in [-0.39, 0.29) is 19.0 Å². The van der Waals surface area contributed by atoms with E-state index in [1.54, 1.807) is 68.7 Å². The monoisotopic (exact) mass is 457 g/mol. The van der Waals surface area contributed by atoms with E-state index in [2.05, 4.69) is 10.3 Å². The Morgan fingerprint density at radius 3 is 2.56 bits per heavy atom. The van der Waals surface area contributed by atoms with Gasteiger partial charge in [0.15, 0.2) is 10.7 Å². The lowest BCUT2D eigenvalue weighted by Crippen LogP contribution is -2.39. The highest BCUT2D eigenvalue weighted by Crippen LogP contribution is 2.26. The first-order valence-electron chi connectivity index (χ1n) is 9.97. The molecule has 32 heavy (non-hydrogen) atoms. The van der Waals surface area contributed by atoms with Crippen LogP contribution < -0.4 is 15.0 Å². The summed E-state index contributed by atoms with van der Waals surface area (Å²) in [6.45, 7) is 5.37. The molecule has 9 heteroatoms. The molecule has 1 N–H and O–H groups in total. The normalized spacial score (nSPS) is 11.0. The number of urea groups is 1. The Kier molecular flexibility index (Phi) is 7.42. The molecule has 168 valence electrons. The second kappa shape index (κ2) is 10.2. The molecular weight excluding hydrogens is 433 g/mol. The van der Waals surface area contributed by atoms with E-state index in [1.807, 2.05) is 0 Å². The number of nitrogens with zero attached hydrogens (tertiary/aromatic N) is 2. The smallest absolute Gasteiger partial charge is 0.349 e. The Bertz CT molecular complexity index is 1060. The third-order valence-corrected chi connectivity index (χ3v) is 5.10. The van der Waals surface area contributed by atoms with Crippen LogP contribution in [0, 0.1) is 5.82 Å². The van der Waals surface area contributed by atoms with E-state index < -0.39 is 17.6 Å². The van der Waals surface area contributed by atoms with Crippen molar-refractivity contribution in [2.24, 2.45) is 0 Å². The zero-order valence-electron chi connectivity index (χ0n) is 18.0. The van der Waals surface area contributed by atoms with Gasteiger partial charge in [-0.15, -0.1) is 11.3 Å². The summed E-state index contributed by atoms with van der Waals surface area (Å²) in [6, 6.07) is 12.3. The summed E-state index contributed by atoms with van der Waals surface area (Å²) in [5, 5.41) is 4.95. The van der Waals surface area contributed by atoms with Crippen molar-refractivity contribution in [1.29, 1.82) is 0 Å². The molecule has 0 unspecified atom stereocenters. The first kappa shape index (κ1) is 23.2. The number of esters is 1. The van der Waals surface area contributed by atoms with Gasteiger partial charge in [-0.05, 0) is 62.7 Å². The number of ether oxygens (including phenoxy) is 2. The summed E-state index contributed by atoms with van der Waals surface area (Å²) in [6.07, 6.45) is 1.59. The van der Waals surface area contributed by atoms with Gasteiger partial charge in [0.2, 0.25) is 0 Å². The predicted molar refractivity (Wildman–Crippen MR) is 121 cm³/mol. The molecule has 0 saturated carbocycles. The molecule has 2 amide bonds. The molecule has 0 aliphatic carbocycles. The lowest BCUT2D eigenvalue weighted by molar-refractivity contribution is -0.158. The fourth-order valence-electron chi connectivity index (χ4n) is 2.88. The molecule has 0 aliphatic rings. The lowest BCUT2D eigenvalue weighted by Gasteiger charge is -2.25. The number of benzene rings is 2. The van der Waals surface area contributed by atoms with Gasteiger partial charge in [-0.1, -0.05) is 12.1 Å². The third-order valence-electron chi connectivity index (χ3n) is 4.41. The van der Waals surface area contributed by atoms with Crippen molar-refractivity contribution in [2.75, 3.05) is 16.8 Å². The van der Waals surface area contributed by atoms with Gasteiger partial charge in [0.05, 0.1) is 13.2 Å². The zero-order chi connectivity index (χ0) is 23.1. The number of halogens is 1. The standard InChI is InChI=1S/C23H24FN3O4S/c1-4-30-20(28)23(2,3)31-19-10-8-18(9-11-19)27(15-16-6-5-7-17(24)14-16)22(29)26-21-25-12-13-32-21/h5-14H,4,15H2,1-3H3,(H,25,26,29). The molecule has 0 aliphatic heterocycles. The highest BCUT2D eigenvalue weighted by Gasteiger charge is 2.31. The van der Waals surface area contributed by atoms with Crippen LogP contribution >= 0.6 is 11.3 Å². The lowest BCUT2D eigenvalue weighted by atomic mass is 10.1. The summed E-state index contributed by atoms with van der Waals surface area (Å²) in [4.78, 5) is 30.6. The van der Waals surface area contributed by atoms with Gasteiger partial charge in [0, 0.05) is 17.3 Å². The second-order valence-corrected chi connectivity index (χ2v) is 8.20. The molecule has 3 rings (SSSR count). The first-order valence-corrected chi connectivity index (χ1v) is 10.8. The number of hydrogen-bond acceptors (Lipinski definition) is 6. The Balaban J connectivity index is 1.82. The van der Waals surface area contributed by atoms with Gasteiger partial charge in [-0.2, -0.15) is 0 Å². The fraction of sp³-hybridized carbons (Fsp3) is 0.261. The summed E-state index contributed by atoms with van der Waals surface area (Å²) in [7, 11) is 0. The van der Waals surface area contributed by atoms with Crippen LogP contribution in [0.4, 0.5) is 20.0 Å². The minimum absolute atomic E-state index is 0.142.